The Kier molecular flexibility index (Phi) is 5.47. The quantitative estimate of drug-likeness (QED) is 0.207. The lowest BCUT2D eigenvalue weighted by molar-refractivity contribution is 0.569. The molecule has 1 aliphatic carbocycles. The van der Waals surface area contributed by atoms with Crippen molar-refractivity contribution < 1.29 is 0 Å². The fourth-order valence-electron chi connectivity index (χ4n) is 9.30. The van der Waals surface area contributed by atoms with E-state index < -0.39 is 12.1 Å². The maximum atomic E-state index is 7.12. The number of hydrogen-bond acceptors (Lipinski definition) is 2. The molecule has 4 aromatic carbocycles. The van der Waals surface area contributed by atoms with Crippen molar-refractivity contribution in [1.82, 2.24) is 0 Å². The number of hydrogen-bond donors (Lipinski definition) is 0. The third-order valence-corrected chi connectivity index (χ3v) is 20.9. The van der Waals surface area contributed by atoms with Crippen LogP contribution in [-0.2, 0) is 23.6 Å². The first kappa shape index (κ1) is 26.5. The highest BCUT2D eigenvalue weighted by Gasteiger charge is 2.67. The van der Waals surface area contributed by atoms with Gasteiger partial charge in [-0.05, 0) is 73.9 Å². The van der Waals surface area contributed by atoms with Crippen LogP contribution < -0.4 is 0 Å². The lowest BCUT2D eigenvalue weighted by Gasteiger charge is -2.34. The third-order valence-electron chi connectivity index (χ3n) is 10.8. The molecular weight excluding hydrogens is 595 g/mol. The lowest BCUT2D eigenvalue weighted by atomic mass is 9.69. The average Bonchev–Trinajstić information content (AvgIpc) is 3.75. The van der Waals surface area contributed by atoms with Crippen LogP contribution in [-0.4, -0.2) is 12.3 Å². The molecule has 0 radical (unpaired) electrons. The Labute approximate surface area is 265 Å². The summed E-state index contributed by atoms with van der Waals surface area (Å²) in [6.45, 7) is 5.03. The molecule has 0 saturated carbocycles. The topological polar surface area (TPSA) is 0 Å². The Morgan fingerprint density at radius 2 is 0.744 bits per heavy atom. The normalized spacial score (nSPS) is 31.9. The molecule has 0 N–H and O–H groups in total. The molecule has 210 valence electrons. The minimum Gasteiger partial charge on any atom is -0.0875 e. The fourth-order valence-corrected chi connectivity index (χ4v) is 23.3. The van der Waals surface area contributed by atoms with Crippen molar-refractivity contribution in [2.24, 2.45) is 10.8 Å². The maximum absolute atomic E-state index is 7.12. The summed E-state index contributed by atoms with van der Waals surface area (Å²) in [5.74, 6) is 0. The van der Waals surface area contributed by atoms with E-state index in [9.17, 15) is 0 Å². The van der Waals surface area contributed by atoms with E-state index in [0.29, 0.717) is 0 Å². The maximum Gasteiger partial charge on any atom is 0.0212 e. The molecule has 0 nitrogen and oxygen atoms in total. The Balaban J connectivity index is 1.31. The molecular formula is C39H32P2S2. The van der Waals surface area contributed by atoms with Crippen LogP contribution in [0, 0.1) is 10.8 Å². The summed E-state index contributed by atoms with van der Waals surface area (Å²) >= 11 is 14.2. The summed E-state index contributed by atoms with van der Waals surface area (Å²) in [6, 6.07) is 40.1. The second-order valence-electron chi connectivity index (χ2n) is 13.2. The molecule has 0 saturated heterocycles. The second kappa shape index (κ2) is 8.87. The van der Waals surface area contributed by atoms with E-state index in [1.165, 1.54) is 44.0 Å². The van der Waals surface area contributed by atoms with Crippen molar-refractivity contribution >= 4 is 57.5 Å². The zero-order chi connectivity index (χ0) is 29.2. The Morgan fingerprint density at radius 3 is 1.07 bits per heavy atom. The molecule has 4 aliphatic heterocycles. The molecule has 4 bridgehead atoms. The van der Waals surface area contributed by atoms with Gasteiger partial charge < -0.3 is 0 Å². The largest absolute Gasteiger partial charge is 0.0875 e. The fraction of sp³-hybridized carbons (Fsp3) is 0.179. The number of fused-ring (bicyclic) bond motifs is 9. The van der Waals surface area contributed by atoms with Crippen LogP contribution in [0.5, 0.6) is 0 Å². The molecule has 4 atom stereocenters. The predicted octanol–water partition coefficient (Wildman–Crippen LogP) is 11.1. The minimum absolute atomic E-state index is 0.0625. The molecule has 0 fully saturated rings. The number of rotatable bonds is 4. The van der Waals surface area contributed by atoms with Gasteiger partial charge in [-0.3, -0.25) is 0 Å². The van der Waals surface area contributed by atoms with E-state index in [0.717, 1.165) is 18.7 Å². The Morgan fingerprint density at radius 1 is 0.442 bits per heavy atom. The lowest BCUT2D eigenvalue weighted by Crippen LogP contribution is -2.24. The highest BCUT2D eigenvalue weighted by molar-refractivity contribution is 8.25. The van der Waals surface area contributed by atoms with Crippen LogP contribution in [0.4, 0.5) is 0 Å². The van der Waals surface area contributed by atoms with Crippen LogP contribution in [0.25, 0.3) is 21.8 Å². The first-order valence-electron chi connectivity index (χ1n) is 15.2. The van der Waals surface area contributed by atoms with Gasteiger partial charge in [0.05, 0.1) is 0 Å². The van der Waals surface area contributed by atoms with E-state index in [1.807, 2.05) is 0 Å². The van der Waals surface area contributed by atoms with Gasteiger partial charge in [0, 0.05) is 33.5 Å². The van der Waals surface area contributed by atoms with Crippen molar-refractivity contribution in [3.05, 3.63) is 165 Å². The van der Waals surface area contributed by atoms with Gasteiger partial charge >= 0.3 is 0 Å². The van der Waals surface area contributed by atoms with Crippen LogP contribution in [0.2, 0.25) is 0 Å². The molecule has 4 heterocycles. The van der Waals surface area contributed by atoms with Gasteiger partial charge in [-0.2, -0.15) is 0 Å². The summed E-state index contributed by atoms with van der Waals surface area (Å²) in [5.41, 5.74) is 11.3. The Bertz CT molecular complexity index is 1950. The molecule has 5 aliphatic rings. The first-order valence-corrected chi connectivity index (χ1v) is 21.2. The average molecular weight is 627 g/mol. The Hall–Kier alpha value is -2.86. The van der Waals surface area contributed by atoms with Gasteiger partial charge in [0.1, 0.15) is 0 Å². The summed E-state index contributed by atoms with van der Waals surface area (Å²) < 4.78 is 0. The minimum atomic E-state index is -2.11. The summed E-state index contributed by atoms with van der Waals surface area (Å²) in [7, 11) is 0. The zero-order valence-corrected chi connectivity index (χ0v) is 27.8. The highest BCUT2D eigenvalue weighted by Crippen LogP contribution is 2.95. The standard InChI is InChI=1S/C39H32P2S2/c1-38-24-40(42,34(28-19-11-5-12-20-28)32(38)26-15-7-3-8-16-26)36-30(38)23-31-37(36)41(43)25-39(31,2)33(27-17-9-4-10-18-27)35(41)29-21-13-6-14-22-29/h3-22H,23-25H2,1-2H3/t38-,39-,40+,41?/m1/s1. The van der Waals surface area contributed by atoms with Gasteiger partial charge in [-0.1, -0.05) is 159 Å². The van der Waals surface area contributed by atoms with Crippen LogP contribution >= 0.6 is 12.1 Å². The van der Waals surface area contributed by atoms with Crippen LogP contribution in [0.3, 0.4) is 0 Å². The summed E-state index contributed by atoms with van der Waals surface area (Å²) in [5, 5.41) is 6.03. The van der Waals surface area contributed by atoms with E-state index in [2.05, 4.69) is 135 Å². The van der Waals surface area contributed by atoms with E-state index in [-0.39, 0.29) is 10.8 Å². The molecule has 4 aromatic rings. The molecule has 0 amide bonds. The predicted molar refractivity (Wildman–Crippen MR) is 193 cm³/mol. The van der Waals surface area contributed by atoms with Gasteiger partial charge in [0.2, 0.25) is 0 Å². The van der Waals surface area contributed by atoms with E-state index >= 15 is 0 Å². The molecule has 4 heteroatoms. The molecule has 0 spiro atoms. The number of allylic oxidation sites excluding steroid dienone is 6. The highest BCUT2D eigenvalue weighted by atomic mass is 32.4. The van der Waals surface area contributed by atoms with Crippen molar-refractivity contribution in [2.75, 3.05) is 12.3 Å². The van der Waals surface area contributed by atoms with Crippen LogP contribution in [0.1, 0.15) is 42.5 Å². The first-order chi connectivity index (χ1) is 20.8. The van der Waals surface area contributed by atoms with Crippen molar-refractivity contribution in [2.45, 2.75) is 20.3 Å². The van der Waals surface area contributed by atoms with E-state index in [4.69, 9.17) is 23.6 Å². The smallest absolute Gasteiger partial charge is 0.0212 e. The van der Waals surface area contributed by atoms with Gasteiger partial charge in [0.25, 0.3) is 0 Å². The van der Waals surface area contributed by atoms with Crippen LogP contribution in [0.15, 0.2) is 143 Å². The zero-order valence-electron chi connectivity index (χ0n) is 24.4. The molecule has 43 heavy (non-hydrogen) atoms. The van der Waals surface area contributed by atoms with Gasteiger partial charge in [0.15, 0.2) is 0 Å². The summed E-state index contributed by atoms with van der Waals surface area (Å²) in [4.78, 5) is 0. The monoisotopic (exact) mass is 626 g/mol. The molecule has 9 rings (SSSR count). The SMILES string of the molecule is C[C@@]12CP(=S)(C3=C1CC1=C3[P@]3(=S)C[C@@]1(C)C(c1ccccc1)=C3c1ccccc1)C(c1ccccc1)=C2c1ccccc1. The summed E-state index contributed by atoms with van der Waals surface area (Å²) in [6.07, 6.45) is 3.16. The number of benzene rings is 4. The van der Waals surface area contributed by atoms with Gasteiger partial charge in [-0.25, -0.2) is 0 Å². The van der Waals surface area contributed by atoms with Crippen molar-refractivity contribution in [3.63, 3.8) is 0 Å². The van der Waals surface area contributed by atoms with Crippen molar-refractivity contribution in [1.29, 1.82) is 0 Å². The molecule has 0 aromatic heterocycles. The van der Waals surface area contributed by atoms with Crippen molar-refractivity contribution in [3.8, 4) is 0 Å². The second-order valence-corrected chi connectivity index (χ2v) is 22.3. The van der Waals surface area contributed by atoms with Gasteiger partial charge in [-0.15, -0.1) is 0 Å². The molecule has 1 unspecified atom stereocenters. The van der Waals surface area contributed by atoms with E-state index in [1.54, 1.807) is 21.8 Å². The third kappa shape index (κ3) is 3.24.